The summed E-state index contributed by atoms with van der Waals surface area (Å²) in [5.74, 6) is -0.496. The minimum absolute atomic E-state index is 0.0692. The van der Waals surface area contributed by atoms with Gasteiger partial charge in [0, 0.05) is 6.54 Å². The second-order valence-corrected chi connectivity index (χ2v) is 2.84. The van der Waals surface area contributed by atoms with Crippen molar-refractivity contribution in [3.05, 3.63) is 0 Å². The van der Waals surface area contributed by atoms with Crippen LogP contribution >= 0.6 is 0 Å². The van der Waals surface area contributed by atoms with Gasteiger partial charge in [0.2, 0.25) is 0 Å². The van der Waals surface area contributed by atoms with Gasteiger partial charge in [-0.2, -0.15) is 0 Å². The van der Waals surface area contributed by atoms with Gasteiger partial charge in [-0.3, -0.25) is 9.69 Å². The lowest BCUT2D eigenvalue weighted by Crippen LogP contribution is -2.37. The Labute approximate surface area is 88.8 Å². The number of methoxy groups -OCH3 is 1. The van der Waals surface area contributed by atoms with Crippen molar-refractivity contribution in [1.82, 2.24) is 4.90 Å². The van der Waals surface area contributed by atoms with Crippen molar-refractivity contribution >= 4 is 12.1 Å². The van der Waals surface area contributed by atoms with Gasteiger partial charge < -0.3 is 14.6 Å². The summed E-state index contributed by atoms with van der Waals surface area (Å²) in [5.41, 5.74) is 0. The molecule has 0 fully saturated rings. The summed E-state index contributed by atoms with van der Waals surface area (Å²) in [4.78, 5) is 23.5. The van der Waals surface area contributed by atoms with Crippen molar-refractivity contribution < 1.29 is 24.2 Å². The highest BCUT2D eigenvalue weighted by Gasteiger charge is 2.17. The monoisotopic (exact) mass is 219 g/mol. The molecular weight excluding hydrogens is 202 g/mol. The van der Waals surface area contributed by atoms with Gasteiger partial charge >= 0.3 is 12.1 Å². The van der Waals surface area contributed by atoms with Crippen LogP contribution < -0.4 is 0 Å². The molecule has 0 aliphatic heterocycles. The van der Waals surface area contributed by atoms with E-state index in [0.717, 1.165) is 0 Å². The maximum Gasteiger partial charge on any atom is 0.410 e. The van der Waals surface area contributed by atoms with Crippen molar-refractivity contribution in [2.75, 3.05) is 33.4 Å². The standard InChI is InChI=1S/C9H17NO5/c1-3-4-10(7-8(12)14-2)9(13)15-6-5-11/h11H,3-7H2,1-2H3. The minimum Gasteiger partial charge on any atom is -0.468 e. The highest BCUT2D eigenvalue weighted by atomic mass is 16.6. The SMILES string of the molecule is CCCN(CC(=O)OC)C(=O)OCCO. The maximum absolute atomic E-state index is 11.3. The van der Waals surface area contributed by atoms with Crippen LogP contribution in [-0.2, 0) is 14.3 Å². The number of ether oxygens (including phenoxy) is 2. The quantitative estimate of drug-likeness (QED) is 0.636. The second kappa shape index (κ2) is 8.05. The highest BCUT2D eigenvalue weighted by Crippen LogP contribution is 1.97. The van der Waals surface area contributed by atoms with E-state index in [0.29, 0.717) is 13.0 Å². The van der Waals surface area contributed by atoms with Crippen molar-refractivity contribution in [2.45, 2.75) is 13.3 Å². The Bertz CT molecular complexity index is 207. The van der Waals surface area contributed by atoms with Gasteiger partial charge in [-0.25, -0.2) is 4.79 Å². The minimum atomic E-state index is -0.615. The molecule has 0 aliphatic carbocycles. The summed E-state index contributed by atoms with van der Waals surface area (Å²) in [6, 6.07) is 0. The predicted molar refractivity (Wildman–Crippen MR) is 52.3 cm³/mol. The second-order valence-electron chi connectivity index (χ2n) is 2.84. The molecule has 0 saturated carbocycles. The zero-order chi connectivity index (χ0) is 11.7. The van der Waals surface area contributed by atoms with Crippen LogP contribution in [0.4, 0.5) is 4.79 Å². The predicted octanol–water partition coefficient (Wildman–Crippen LogP) is 0.000300. The van der Waals surface area contributed by atoms with Crippen molar-refractivity contribution in [3.63, 3.8) is 0 Å². The Balaban J connectivity index is 4.11. The molecule has 15 heavy (non-hydrogen) atoms. The van der Waals surface area contributed by atoms with E-state index in [-0.39, 0.29) is 19.8 Å². The van der Waals surface area contributed by atoms with Gasteiger partial charge in [0.25, 0.3) is 0 Å². The van der Waals surface area contributed by atoms with Crippen LogP contribution in [0.25, 0.3) is 0 Å². The number of aliphatic hydroxyl groups excluding tert-OH is 1. The molecule has 1 N–H and O–H groups in total. The van der Waals surface area contributed by atoms with E-state index in [9.17, 15) is 9.59 Å². The number of esters is 1. The van der Waals surface area contributed by atoms with Crippen molar-refractivity contribution in [1.29, 1.82) is 0 Å². The number of aliphatic hydroxyl groups is 1. The number of carbonyl (C=O) groups excluding carboxylic acids is 2. The molecule has 0 aliphatic rings. The fourth-order valence-corrected chi connectivity index (χ4v) is 0.949. The van der Waals surface area contributed by atoms with E-state index in [2.05, 4.69) is 9.47 Å². The molecule has 0 atom stereocenters. The summed E-state index contributed by atoms with van der Waals surface area (Å²) < 4.78 is 9.12. The Hall–Kier alpha value is -1.30. The third kappa shape index (κ3) is 5.90. The summed E-state index contributed by atoms with van der Waals surface area (Å²) in [7, 11) is 1.26. The third-order valence-electron chi connectivity index (χ3n) is 1.62. The van der Waals surface area contributed by atoms with E-state index in [1.807, 2.05) is 6.92 Å². The molecule has 0 aromatic rings. The summed E-state index contributed by atoms with van der Waals surface area (Å²) in [6.45, 7) is 1.86. The molecule has 0 heterocycles. The molecule has 0 unspecified atom stereocenters. The molecule has 0 aromatic heterocycles. The molecule has 0 saturated heterocycles. The molecule has 0 spiro atoms. The van der Waals surface area contributed by atoms with Gasteiger partial charge in [-0.15, -0.1) is 0 Å². The lowest BCUT2D eigenvalue weighted by atomic mass is 10.4. The van der Waals surface area contributed by atoms with Gasteiger partial charge in [-0.05, 0) is 6.42 Å². The van der Waals surface area contributed by atoms with E-state index < -0.39 is 12.1 Å². The largest absolute Gasteiger partial charge is 0.468 e. The van der Waals surface area contributed by atoms with Gasteiger partial charge in [0.1, 0.15) is 13.2 Å². The number of hydrogen-bond acceptors (Lipinski definition) is 5. The van der Waals surface area contributed by atoms with Crippen LogP contribution in [0.5, 0.6) is 0 Å². The van der Waals surface area contributed by atoms with Crippen LogP contribution in [0.15, 0.2) is 0 Å². The van der Waals surface area contributed by atoms with E-state index in [1.54, 1.807) is 0 Å². The fourth-order valence-electron chi connectivity index (χ4n) is 0.949. The summed E-state index contributed by atoms with van der Waals surface area (Å²) >= 11 is 0. The van der Waals surface area contributed by atoms with Gasteiger partial charge in [0.15, 0.2) is 0 Å². The Morgan fingerprint density at radius 3 is 2.53 bits per heavy atom. The summed E-state index contributed by atoms with van der Waals surface area (Å²) in [6.07, 6.45) is 0.0990. The molecule has 6 heteroatoms. The van der Waals surface area contributed by atoms with Crippen molar-refractivity contribution in [2.24, 2.45) is 0 Å². The number of nitrogens with zero attached hydrogens (tertiary/aromatic N) is 1. The molecule has 0 rings (SSSR count). The fraction of sp³-hybridized carbons (Fsp3) is 0.778. The lowest BCUT2D eigenvalue weighted by Gasteiger charge is -2.19. The molecule has 88 valence electrons. The average Bonchev–Trinajstić information content (AvgIpc) is 2.24. The number of carbonyl (C=O) groups is 2. The van der Waals surface area contributed by atoms with E-state index >= 15 is 0 Å². The first kappa shape index (κ1) is 13.7. The van der Waals surface area contributed by atoms with Crippen LogP contribution in [0.3, 0.4) is 0 Å². The van der Waals surface area contributed by atoms with Gasteiger partial charge in [0.05, 0.1) is 13.7 Å². The average molecular weight is 219 g/mol. The normalized spacial score (nSPS) is 9.53. The number of hydrogen-bond donors (Lipinski definition) is 1. The zero-order valence-corrected chi connectivity index (χ0v) is 9.06. The van der Waals surface area contributed by atoms with Crippen LogP contribution in [0.2, 0.25) is 0 Å². The third-order valence-corrected chi connectivity index (χ3v) is 1.62. The van der Waals surface area contributed by atoms with Crippen LogP contribution in [0.1, 0.15) is 13.3 Å². The molecule has 0 radical (unpaired) electrons. The smallest absolute Gasteiger partial charge is 0.410 e. The Morgan fingerprint density at radius 2 is 2.07 bits per heavy atom. The molecule has 6 nitrogen and oxygen atoms in total. The van der Waals surface area contributed by atoms with Crippen molar-refractivity contribution in [3.8, 4) is 0 Å². The molecule has 1 amide bonds. The number of rotatable bonds is 6. The van der Waals surface area contributed by atoms with Crippen LogP contribution in [-0.4, -0.2) is 55.5 Å². The first-order chi connectivity index (χ1) is 7.15. The molecular formula is C9H17NO5. The molecule has 0 aromatic carbocycles. The first-order valence-corrected chi connectivity index (χ1v) is 4.75. The topological polar surface area (TPSA) is 76.1 Å². The van der Waals surface area contributed by atoms with E-state index in [1.165, 1.54) is 12.0 Å². The van der Waals surface area contributed by atoms with Crippen LogP contribution in [0, 0.1) is 0 Å². The number of amides is 1. The van der Waals surface area contributed by atoms with E-state index in [4.69, 9.17) is 5.11 Å². The molecule has 0 bridgehead atoms. The maximum atomic E-state index is 11.3. The Kier molecular flexibility index (Phi) is 7.35. The Morgan fingerprint density at radius 1 is 1.40 bits per heavy atom. The first-order valence-electron chi connectivity index (χ1n) is 4.75. The highest BCUT2D eigenvalue weighted by molar-refractivity contribution is 5.77. The summed E-state index contributed by atoms with van der Waals surface area (Å²) in [5, 5.41) is 8.47. The lowest BCUT2D eigenvalue weighted by molar-refractivity contribution is -0.141. The van der Waals surface area contributed by atoms with Gasteiger partial charge in [-0.1, -0.05) is 6.92 Å². The zero-order valence-electron chi connectivity index (χ0n) is 9.06.